The van der Waals surface area contributed by atoms with Gasteiger partial charge in [0.1, 0.15) is 0 Å². The Bertz CT molecular complexity index is 514. The molecule has 0 rings (SSSR count). The molecule has 8 nitrogen and oxygen atoms in total. The first kappa shape index (κ1) is 33.4. The van der Waals surface area contributed by atoms with Crippen LogP contribution in [0, 0.1) is 5.92 Å². The molecule has 2 atom stereocenters. The number of carboxylic acids is 1. The average molecular weight is 484 g/mol. The van der Waals surface area contributed by atoms with E-state index < -0.39 is 35.0 Å². The summed E-state index contributed by atoms with van der Waals surface area (Å²) in [7, 11) is -1.66. The molecule has 0 saturated carbocycles. The SMILES string of the molecule is CCCCCCCCCCCCCCCCC(CC(O)COS(=O)(=O)OC)C(=O)O.CN. The molecule has 0 heterocycles. The van der Waals surface area contributed by atoms with Crippen molar-refractivity contribution in [3.8, 4) is 0 Å². The molecular formula is C23H49NO7S. The Kier molecular flexibility index (Phi) is 24.5. The molecule has 0 aromatic heterocycles. The molecule has 0 aliphatic carbocycles. The van der Waals surface area contributed by atoms with Gasteiger partial charge in [-0.1, -0.05) is 96.8 Å². The van der Waals surface area contributed by atoms with Gasteiger partial charge >= 0.3 is 16.4 Å². The number of hydrogen-bond acceptors (Lipinski definition) is 7. The smallest absolute Gasteiger partial charge is 0.399 e. The predicted octanol–water partition coefficient (Wildman–Crippen LogP) is 4.79. The highest BCUT2D eigenvalue weighted by molar-refractivity contribution is 7.81. The fraction of sp³-hybridized carbons (Fsp3) is 0.957. The Hall–Kier alpha value is -0.740. The van der Waals surface area contributed by atoms with Crippen LogP contribution in [0.15, 0.2) is 0 Å². The molecule has 4 N–H and O–H groups in total. The van der Waals surface area contributed by atoms with Gasteiger partial charge < -0.3 is 15.9 Å². The second kappa shape index (κ2) is 23.4. The molecule has 0 aliphatic rings. The molecule has 2 unspecified atom stereocenters. The highest BCUT2D eigenvalue weighted by Gasteiger charge is 2.23. The van der Waals surface area contributed by atoms with Gasteiger partial charge in [-0.3, -0.25) is 8.98 Å². The van der Waals surface area contributed by atoms with Crippen molar-refractivity contribution >= 4 is 16.4 Å². The van der Waals surface area contributed by atoms with Crippen molar-refractivity contribution in [2.24, 2.45) is 11.7 Å². The zero-order chi connectivity index (χ0) is 24.7. The lowest BCUT2D eigenvalue weighted by Crippen LogP contribution is -2.26. The Balaban J connectivity index is 0. The molecule has 0 aromatic rings. The van der Waals surface area contributed by atoms with Gasteiger partial charge in [-0.15, -0.1) is 0 Å². The summed E-state index contributed by atoms with van der Waals surface area (Å²) in [5.74, 6) is -1.68. The van der Waals surface area contributed by atoms with Crippen molar-refractivity contribution < 1.29 is 31.8 Å². The standard InChI is InChI=1S/C22H44O7S.CH5N/c1-3-4-5-6-7-8-9-10-11-12-13-14-15-16-17-20(22(24)25)18-21(23)19-29-30(26,27)28-2;1-2/h20-21,23H,3-19H2,1-2H3,(H,24,25);2H2,1H3. The molecule has 0 spiro atoms. The van der Waals surface area contributed by atoms with E-state index in [1.54, 1.807) is 0 Å². The van der Waals surface area contributed by atoms with Crippen LogP contribution in [0.1, 0.15) is 110 Å². The molecule has 194 valence electrons. The van der Waals surface area contributed by atoms with Gasteiger partial charge in [-0.2, -0.15) is 8.42 Å². The summed E-state index contributed by atoms with van der Waals surface area (Å²) in [4.78, 5) is 11.4. The third kappa shape index (κ3) is 22.5. The second-order valence-electron chi connectivity index (χ2n) is 8.17. The van der Waals surface area contributed by atoms with E-state index in [2.05, 4.69) is 21.0 Å². The van der Waals surface area contributed by atoms with Crippen molar-refractivity contribution in [2.75, 3.05) is 20.8 Å². The summed E-state index contributed by atoms with van der Waals surface area (Å²) in [6, 6.07) is 0. The summed E-state index contributed by atoms with van der Waals surface area (Å²) in [6.45, 7) is 1.74. The third-order valence-electron chi connectivity index (χ3n) is 5.42. The molecule has 0 aromatic carbocycles. The second-order valence-corrected chi connectivity index (χ2v) is 9.55. The predicted molar refractivity (Wildman–Crippen MR) is 129 cm³/mol. The molecule has 32 heavy (non-hydrogen) atoms. The van der Waals surface area contributed by atoms with Crippen LogP contribution in [-0.4, -0.2) is 51.5 Å². The van der Waals surface area contributed by atoms with E-state index in [-0.39, 0.29) is 6.42 Å². The largest absolute Gasteiger partial charge is 0.481 e. The van der Waals surface area contributed by atoms with E-state index in [1.807, 2.05) is 0 Å². The maximum atomic E-state index is 11.4. The van der Waals surface area contributed by atoms with E-state index in [0.29, 0.717) is 6.42 Å². The number of rotatable bonds is 22. The van der Waals surface area contributed by atoms with Gasteiger partial charge in [0.2, 0.25) is 0 Å². The lowest BCUT2D eigenvalue weighted by molar-refractivity contribution is -0.143. The molecule has 0 radical (unpaired) electrons. The van der Waals surface area contributed by atoms with Crippen LogP contribution in [0.3, 0.4) is 0 Å². The first-order valence-electron chi connectivity index (χ1n) is 12.3. The minimum atomic E-state index is -4.12. The summed E-state index contributed by atoms with van der Waals surface area (Å²) in [6.07, 6.45) is 16.6. The monoisotopic (exact) mass is 483 g/mol. The zero-order valence-corrected chi connectivity index (χ0v) is 21.4. The van der Waals surface area contributed by atoms with Crippen LogP contribution in [-0.2, 0) is 23.6 Å². The highest BCUT2D eigenvalue weighted by Crippen LogP contribution is 2.19. The van der Waals surface area contributed by atoms with Gasteiger partial charge in [0.05, 0.1) is 25.7 Å². The third-order valence-corrected chi connectivity index (χ3v) is 6.25. The fourth-order valence-electron chi connectivity index (χ4n) is 3.53. The highest BCUT2D eigenvalue weighted by atomic mass is 32.3. The molecule has 0 amide bonds. The summed E-state index contributed by atoms with van der Waals surface area (Å²) < 4.78 is 30.7. The number of unbranched alkanes of at least 4 members (excludes halogenated alkanes) is 13. The number of carbonyl (C=O) groups is 1. The molecule has 9 heteroatoms. The Morgan fingerprint density at radius 3 is 1.62 bits per heavy atom. The first-order valence-corrected chi connectivity index (χ1v) is 13.6. The van der Waals surface area contributed by atoms with Crippen molar-refractivity contribution in [3.05, 3.63) is 0 Å². The maximum Gasteiger partial charge on any atom is 0.399 e. The maximum absolute atomic E-state index is 11.4. The van der Waals surface area contributed by atoms with Crippen molar-refractivity contribution in [3.63, 3.8) is 0 Å². The lowest BCUT2D eigenvalue weighted by Gasteiger charge is -2.16. The number of hydrogen-bond donors (Lipinski definition) is 3. The normalized spacial score (nSPS) is 13.3. The number of nitrogens with two attached hydrogens (primary N) is 1. The zero-order valence-electron chi connectivity index (χ0n) is 20.6. The average Bonchev–Trinajstić information content (AvgIpc) is 2.78. The Labute approximate surface area is 196 Å². The van der Waals surface area contributed by atoms with Crippen LogP contribution in [0.5, 0.6) is 0 Å². The Morgan fingerprint density at radius 1 is 0.844 bits per heavy atom. The van der Waals surface area contributed by atoms with Crippen molar-refractivity contribution in [1.29, 1.82) is 0 Å². The van der Waals surface area contributed by atoms with Crippen LogP contribution in [0.2, 0.25) is 0 Å². The quantitative estimate of drug-likeness (QED) is 0.187. The van der Waals surface area contributed by atoms with Gasteiger partial charge in [0, 0.05) is 0 Å². The number of aliphatic hydroxyl groups is 1. The van der Waals surface area contributed by atoms with Gasteiger partial charge in [-0.05, 0) is 19.9 Å². The minimum absolute atomic E-state index is 0.0347. The lowest BCUT2D eigenvalue weighted by atomic mass is 9.94. The van der Waals surface area contributed by atoms with Crippen LogP contribution in [0.25, 0.3) is 0 Å². The van der Waals surface area contributed by atoms with E-state index in [4.69, 9.17) is 0 Å². The Morgan fingerprint density at radius 2 is 1.25 bits per heavy atom. The van der Waals surface area contributed by atoms with E-state index in [9.17, 15) is 23.4 Å². The minimum Gasteiger partial charge on any atom is -0.481 e. The van der Waals surface area contributed by atoms with E-state index in [0.717, 1.165) is 26.4 Å². The first-order chi connectivity index (χ1) is 15.3. The molecule has 0 bridgehead atoms. The molecule has 0 fully saturated rings. The van der Waals surface area contributed by atoms with Crippen LogP contribution < -0.4 is 5.73 Å². The molecule has 0 saturated heterocycles. The number of aliphatic carboxylic acids is 1. The molecular weight excluding hydrogens is 434 g/mol. The van der Waals surface area contributed by atoms with Crippen LogP contribution >= 0.6 is 0 Å². The number of aliphatic hydroxyl groups excluding tert-OH is 1. The summed E-state index contributed by atoms with van der Waals surface area (Å²) >= 11 is 0. The summed E-state index contributed by atoms with van der Waals surface area (Å²) in [5, 5.41) is 19.1. The van der Waals surface area contributed by atoms with Crippen molar-refractivity contribution in [1.82, 2.24) is 0 Å². The summed E-state index contributed by atoms with van der Waals surface area (Å²) in [5.41, 5.74) is 4.50. The van der Waals surface area contributed by atoms with Gasteiger partial charge in [0.25, 0.3) is 0 Å². The molecule has 0 aliphatic heterocycles. The fourth-order valence-corrected chi connectivity index (χ4v) is 3.95. The van der Waals surface area contributed by atoms with Gasteiger partial charge in [-0.25, -0.2) is 4.18 Å². The van der Waals surface area contributed by atoms with Crippen LogP contribution in [0.4, 0.5) is 0 Å². The topological polar surface area (TPSA) is 136 Å². The van der Waals surface area contributed by atoms with Crippen molar-refractivity contribution in [2.45, 2.75) is 116 Å². The number of carboxylic acid groups (broad SMARTS) is 1. The van der Waals surface area contributed by atoms with E-state index >= 15 is 0 Å². The van der Waals surface area contributed by atoms with E-state index in [1.165, 1.54) is 77.7 Å². The van der Waals surface area contributed by atoms with Gasteiger partial charge in [0.15, 0.2) is 0 Å².